The molecule has 1 aromatic carbocycles. The molecule has 0 fully saturated rings. The average Bonchev–Trinajstić information content (AvgIpc) is 2.34. The minimum atomic E-state index is -0.534. The quantitative estimate of drug-likeness (QED) is 0.833. The molecule has 4 nitrogen and oxygen atoms in total. The third-order valence-corrected chi connectivity index (χ3v) is 3.96. The molecule has 1 aromatic rings. The maximum absolute atomic E-state index is 11.6. The van der Waals surface area contributed by atoms with Gasteiger partial charge in [0.1, 0.15) is 0 Å². The first-order valence-corrected chi connectivity index (χ1v) is 7.25. The Morgan fingerprint density at radius 3 is 2.56 bits per heavy atom. The maximum Gasteiger partial charge on any atom is 0.236 e. The van der Waals surface area contributed by atoms with E-state index in [0.29, 0.717) is 0 Å². The van der Waals surface area contributed by atoms with Gasteiger partial charge in [0.05, 0.1) is 11.8 Å². The highest BCUT2D eigenvalue weighted by atomic mass is 79.9. The van der Waals surface area contributed by atoms with Crippen molar-refractivity contribution in [2.75, 3.05) is 6.54 Å². The summed E-state index contributed by atoms with van der Waals surface area (Å²) in [6.45, 7) is 1.70. The molecule has 0 aliphatic rings. The van der Waals surface area contributed by atoms with Crippen molar-refractivity contribution in [1.82, 2.24) is 5.32 Å². The molecule has 0 unspecified atom stereocenters. The number of carbonyl (C=O) groups is 2. The van der Waals surface area contributed by atoms with Crippen LogP contribution in [0, 0.1) is 0 Å². The third kappa shape index (κ3) is 5.55. The molecule has 1 rings (SSSR count). The topological polar surface area (TPSA) is 72.2 Å². The molecule has 2 amide bonds. The van der Waals surface area contributed by atoms with Gasteiger partial charge in [-0.15, -0.1) is 11.8 Å². The van der Waals surface area contributed by atoms with Crippen LogP contribution in [-0.2, 0) is 15.3 Å². The monoisotopic (exact) mass is 330 g/mol. The first-order valence-electron chi connectivity index (χ1n) is 5.41. The van der Waals surface area contributed by atoms with Gasteiger partial charge < -0.3 is 11.1 Å². The van der Waals surface area contributed by atoms with Gasteiger partial charge in [0, 0.05) is 10.2 Å². The molecule has 0 aromatic heterocycles. The standard InChI is InChI=1S/C12H15BrN2O2S/c1-8(12(17)15-6-11(14)16)18-7-9-2-4-10(13)5-3-9/h2-5,8H,6-7H2,1H3,(H2,14,16)(H,15,17)/t8-/m0/s1. The molecule has 0 saturated carbocycles. The highest BCUT2D eigenvalue weighted by molar-refractivity contribution is 9.10. The lowest BCUT2D eigenvalue weighted by atomic mass is 10.2. The number of hydrogen-bond acceptors (Lipinski definition) is 3. The van der Waals surface area contributed by atoms with Gasteiger partial charge in [-0.2, -0.15) is 0 Å². The van der Waals surface area contributed by atoms with E-state index in [1.54, 1.807) is 6.92 Å². The Bertz CT molecular complexity index is 423. The van der Waals surface area contributed by atoms with Crippen LogP contribution in [0.1, 0.15) is 12.5 Å². The number of nitrogens with one attached hydrogen (secondary N) is 1. The summed E-state index contributed by atoms with van der Waals surface area (Å²) in [5.74, 6) is 0.0442. The Labute approximate surface area is 119 Å². The van der Waals surface area contributed by atoms with Gasteiger partial charge >= 0.3 is 0 Å². The first kappa shape index (κ1) is 15.0. The van der Waals surface area contributed by atoms with E-state index in [4.69, 9.17) is 5.73 Å². The lowest BCUT2D eigenvalue weighted by Crippen LogP contribution is -2.37. The largest absolute Gasteiger partial charge is 0.368 e. The highest BCUT2D eigenvalue weighted by Crippen LogP contribution is 2.19. The fourth-order valence-corrected chi connectivity index (χ4v) is 2.33. The Morgan fingerprint density at radius 2 is 2.00 bits per heavy atom. The van der Waals surface area contributed by atoms with Crippen LogP contribution in [0.25, 0.3) is 0 Å². The van der Waals surface area contributed by atoms with Gasteiger partial charge in [0.25, 0.3) is 0 Å². The van der Waals surface area contributed by atoms with E-state index in [2.05, 4.69) is 21.2 Å². The van der Waals surface area contributed by atoms with Crippen LogP contribution in [0.2, 0.25) is 0 Å². The van der Waals surface area contributed by atoms with Gasteiger partial charge in [0.15, 0.2) is 0 Å². The second-order valence-electron chi connectivity index (χ2n) is 3.76. The summed E-state index contributed by atoms with van der Waals surface area (Å²) < 4.78 is 1.03. The smallest absolute Gasteiger partial charge is 0.236 e. The average molecular weight is 331 g/mol. The lowest BCUT2D eigenvalue weighted by molar-refractivity contribution is -0.124. The molecular formula is C12H15BrN2O2S. The van der Waals surface area contributed by atoms with Crippen molar-refractivity contribution in [3.8, 4) is 0 Å². The van der Waals surface area contributed by atoms with Crippen LogP contribution in [0.3, 0.4) is 0 Å². The molecule has 0 heterocycles. The normalized spacial score (nSPS) is 11.9. The number of benzene rings is 1. The van der Waals surface area contributed by atoms with E-state index >= 15 is 0 Å². The van der Waals surface area contributed by atoms with Crippen LogP contribution in [0.15, 0.2) is 28.7 Å². The molecule has 1 atom stereocenters. The molecule has 0 bridgehead atoms. The van der Waals surface area contributed by atoms with E-state index < -0.39 is 5.91 Å². The van der Waals surface area contributed by atoms with Gasteiger partial charge in [-0.05, 0) is 24.6 Å². The van der Waals surface area contributed by atoms with E-state index in [1.165, 1.54) is 11.8 Å². The third-order valence-electron chi connectivity index (χ3n) is 2.22. The highest BCUT2D eigenvalue weighted by Gasteiger charge is 2.13. The number of rotatable bonds is 6. The predicted octanol–water partition coefficient (Wildman–Crippen LogP) is 1.67. The van der Waals surface area contributed by atoms with Crippen molar-refractivity contribution in [3.63, 3.8) is 0 Å². The van der Waals surface area contributed by atoms with E-state index in [9.17, 15) is 9.59 Å². The number of primary amides is 1. The number of halogens is 1. The number of thioether (sulfide) groups is 1. The summed E-state index contributed by atoms with van der Waals surface area (Å²) in [6.07, 6.45) is 0. The van der Waals surface area contributed by atoms with Crippen LogP contribution in [-0.4, -0.2) is 23.6 Å². The van der Waals surface area contributed by atoms with E-state index in [-0.39, 0.29) is 17.7 Å². The Kier molecular flexibility index (Phi) is 6.21. The van der Waals surface area contributed by atoms with Crippen molar-refractivity contribution in [2.24, 2.45) is 5.73 Å². The van der Waals surface area contributed by atoms with Crippen molar-refractivity contribution >= 4 is 39.5 Å². The molecule has 0 spiro atoms. The lowest BCUT2D eigenvalue weighted by Gasteiger charge is -2.11. The summed E-state index contributed by atoms with van der Waals surface area (Å²) in [5.41, 5.74) is 6.11. The van der Waals surface area contributed by atoms with Gasteiger partial charge in [-0.25, -0.2) is 0 Å². The molecule has 18 heavy (non-hydrogen) atoms. The van der Waals surface area contributed by atoms with Gasteiger partial charge in [-0.3, -0.25) is 9.59 Å². The fourth-order valence-electron chi connectivity index (χ4n) is 1.20. The minimum Gasteiger partial charge on any atom is -0.368 e. The van der Waals surface area contributed by atoms with E-state index in [0.717, 1.165) is 15.8 Å². The summed E-state index contributed by atoms with van der Waals surface area (Å²) in [6, 6.07) is 7.94. The molecule has 3 N–H and O–H groups in total. The molecule has 98 valence electrons. The Hall–Kier alpha value is -1.01. The van der Waals surface area contributed by atoms with Gasteiger partial charge in [-0.1, -0.05) is 28.1 Å². The Balaban J connectivity index is 2.36. The summed E-state index contributed by atoms with van der Waals surface area (Å²) in [7, 11) is 0. The molecule has 0 aliphatic carbocycles. The predicted molar refractivity (Wildman–Crippen MR) is 77.1 cm³/mol. The van der Waals surface area contributed by atoms with Crippen molar-refractivity contribution in [1.29, 1.82) is 0 Å². The van der Waals surface area contributed by atoms with Crippen LogP contribution < -0.4 is 11.1 Å². The minimum absolute atomic E-state index is 0.109. The first-order chi connectivity index (χ1) is 8.49. The molecule has 0 radical (unpaired) electrons. The summed E-state index contributed by atoms with van der Waals surface area (Å²) in [4.78, 5) is 22.1. The molecule has 6 heteroatoms. The van der Waals surface area contributed by atoms with Crippen LogP contribution in [0.5, 0.6) is 0 Å². The van der Waals surface area contributed by atoms with Crippen molar-refractivity contribution < 1.29 is 9.59 Å². The molecule has 0 aliphatic heterocycles. The SMILES string of the molecule is C[C@H](SCc1ccc(Br)cc1)C(=O)NCC(N)=O. The molecule has 0 saturated heterocycles. The maximum atomic E-state index is 11.6. The summed E-state index contributed by atoms with van der Waals surface area (Å²) >= 11 is 4.88. The summed E-state index contributed by atoms with van der Waals surface area (Å²) in [5, 5.41) is 2.27. The second-order valence-corrected chi connectivity index (χ2v) is 6.01. The van der Waals surface area contributed by atoms with Crippen molar-refractivity contribution in [3.05, 3.63) is 34.3 Å². The zero-order valence-electron chi connectivity index (χ0n) is 9.98. The second kappa shape index (κ2) is 7.43. The van der Waals surface area contributed by atoms with Gasteiger partial charge in [0.2, 0.25) is 11.8 Å². The number of carbonyl (C=O) groups excluding carboxylic acids is 2. The number of hydrogen-bond donors (Lipinski definition) is 2. The van der Waals surface area contributed by atoms with Crippen LogP contribution >= 0.6 is 27.7 Å². The number of amides is 2. The van der Waals surface area contributed by atoms with Crippen molar-refractivity contribution in [2.45, 2.75) is 17.9 Å². The fraction of sp³-hybridized carbons (Fsp3) is 0.333. The zero-order valence-corrected chi connectivity index (χ0v) is 12.4. The molecular weight excluding hydrogens is 316 g/mol. The van der Waals surface area contributed by atoms with E-state index in [1.807, 2.05) is 24.3 Å². The Morgan fingerprint density at radius 1 is 1.39 bits per heavy atom. The number of nitrogens with two attached hydrogens (primary N) is 1. The van der Waals surface area contributed by atoms with Crippen LogP contribution in [0.4, 0.5) is 0 Å². The zero-order chi connectivity index (χ0) is 13.5.